The molecule has 0 radical (unpaired) electrons. The third-order valence-electron chi connectivity index (χ3n) is 4.22. The monoisotopic (exact) mass is 276 g/mol. The van der Waals surface area contributed by atoms with Crippen molar-refractivity contribution in [3.63, 3.8) is 0 Å². The molecule has 2 aliphatic rings. The second-order valence-electron chi connectivity index (χ2n) is 5.76. The topological polar surface area (TPSA) is 62.7 Å². The van der Waals surface area contributed by atoms with E-state index in [4.69, 9.17) is 4.74 Å². The van der Waals surface area contributed by atoms with Gasteiger partial charge in [0.1, 0.15) is 0 Å². The zero-order valence-electron chi connectivity index (χ0n) is 11.7. The van der Waals surface area contributed by atoms with Crippen molar-refractivity contribution in [1.29, 1.82) is 0 Å². The number of hydrogen-bond acceptors (Lipinski definition) is 4. The number of ether oxygens (including phenoxy) is 1. The number of carbonyl (C=O) groups excluding carboxylic acids is 1. The lowest BCUT2D eigenvalue weighted by Crippen LogP contribution is -2.30. The molecule has 1 amide bonds. The molecule has 5 nitrogen and oxygen atoms in total. The van der Waals surface area contributed by atoms with Crippen LogP contribution in [0.5, 0.6) is 5.75 Å². The molecule has 2 fully saturated rings. The van der Waals surface area contributed by atoms with Gasteiger partial charge in [-0.15, -0.1) is 0 Å². The van der Waals surface area contributed by atoms with Crippen LogP contribution in [0.3, 0.4) is 0 Å². The minimum Gasteiger partial charge on any atom is -0.491 e. The molecule has 1 N–H and O–H groups in total. The Kier molecular flexibility index (Phi) is 3.38. The second kappa shape index (κ2) is 5.05. The van der Waals surface area contributed by atoms with Gasteiger partial charge in [-0.2, -0.15) is 0 Å². The van der Waals surface area contributed by atoms with Gasteiger partial charge in [-0.05, 0) is 31.4 Å². The Balaban J connectivity index is 1.77. The Labute approximate surface area is 118 Å². The van der Waals surface area contributed by atoms with Crippen LogP contribution in [-0.2, 0) is 0 Å². The number of β-amino-alcohol motifs (C(OH)–C–C–N with tert-alkyl or cyclic N) is 1. The zero-order chi connectivity index (χ0) is 14.2. The van der Waals surface area contributed by atoms with Crippen LogP contribution < -0.4 is 4.74 Å². The molecule has 1 atom stereocenters. The first-order chi connectivity index (χ1) is 9.66. The summed E-state index contributed by atoms with van der Waals surface area (Å²) in [5.41, 5.74) is 0.320. The van der Waals surface area contributed by atoms with Gasteiger partial charge in [0.15, 0.2) is 11.4 Å². The van der Waals surface area contributed by atoms with Crippen molar-refractivity contribution in [2.24, 2.45) is 5.41 Å². The molecule has 1 unspecified atom stereocenters. The number of aliphatic hydroxyl groups is 1. The van der Waals surface area contributed by atoms with Crippen LogP contribution in [0.15, 0.2) is 18.3 Å². The summed E-state index contributed by atoms with van der Waals surface area (Å²) in [6.45, 7) is 3.63. The van der Waals surface area contributed by atoms with Crippen molar-refractivity contribution < 1.29 is 14.6 Å². The van der Waals surface area contributed by atoms with Gasteiger partial charge >= 0.3 is 0 Å². The Morgan fingerprint density at radius 1 is 1.60 bits per heavy atom. The third kappa shape index (κ3) is 2.26. The van der Waals surface area contributed by atoms with Crippen molar-refractivity contribution in [2.45, 2.75) is 32.3 Å². The maximum Gasteiger partial charge on any atom is 0.276 e. The SMILES string of the molecule is CCCOc1cccnc1C(=O)N1CC(O)C2(CC2)C1. The third-order valence-corrected chi connectivity index (χ3v) is 4.22. The molecule has 5 heteroatoms. The first kappa shape index (κ1) is 13.4. The number of rotatable bonds is 4. The molecule has 1 aromatic heterocycles. The molecule has 20 heavy (non-hydrogen) atoms. The van der Waals surface area contributed by atoms with Gasteiger partial charge in [-0.1, -0.05) is 6.92 Å². The molecular weight excluding hydrogens is 256 g/mol. The van der Waals surface area contributed by atoms with Crippen LogP contribution in [-0.4, -0.2) is 46.7 Å². The van der Waals surface area contributed by atoms with Crippen LogP contribution in [0.25, 0.3) is 0 Å². The molecule has 1 aromatic rings. The summed E-state index contributed by atoms with van der Waals surface area (Å²) in [6.07, 6.45) is 4.12. The number of amides is 1. The average molecular weight is 276 g/mol. The molecule has 1 saturated carbocycles. The van der Waals surface area contributed by atoms with Crippen molar-refractivity contribution in [3.05, 3.63) is 24.0 Å². The van der Waals surface area contributed by atoms with E-state index >= 15 is 0 Å². The smallest absolute Gasteiger partial charge is 0.276 e. The van der Waals surface area contributed by atoms with E-state index in [0.29, 0.717) is 31.1 Å². The van der Waals surface area contributed by atoms with Crippen molar-refractivity contribution >= 4 is 5.91 Å². The second-order valence-corrected chi connectivity index (χ2v) is 5.76. The van der Waals surface area contributed by atoms with Crippen molar-refractivity contribution in [2.75, 3.05) is 19.7 Å². The number of pyridine rings is 1. The summed E-state index contributed by atoms with van der Waals surface area (Å²) in [5.74, 6) is 0.394. The van der Waals surface area contributed by atoms with Crippen LogP contribution in [0.1, 0.15) is 36.7 Å². The summed E-state index contributed by atoms with van der Waals surface area (Å²) < 4.78 is 5.59. The predicted octanol–water partition coefficient (Wildman–Crippen LogP) is 1.47. The van der Waals surface area contributed by atoms with E-state index in [9.17, 15) is 9.90 Å². The average Bonchev–Trinajstić information content (AvgIpc) is 3.17. The van der Waals surface area contributed by atoms with E-state index in [1.807, 2.05) is 6.92 Å². The van der Waals surface area contributed by atoms with Gasteiger partial charge in [0.05, 0.1) is 12.7 Å². The Morgan fingerprint density at radius 3 is 3.05 bits per heavy atom. The minimum absolute atomic E-state index is 0.0329. The molecule has 3 rings (SSSR count). The van der Waals surface area contributed by atoms with E-state index in [1.54, 1.807) is 23.2 Å². The van der Waals surface area contributed by atoms with Gasteiger partial charge in [-0.3, -0.25) is 4.79 Å². The van der Waals surface area contributed by atoms with Crippen molar-refractivity contribution in [3.8, 4) is 5.75 Å². The fourth-order valence-electron chi connectivity index (χ4n) is 2.79. The summed E-state index contributed by atoms with van der Waals surface area (Å²) in [4.78, 5) is 18.4. The molecule has 108 valence electrons. The molecule has 2 heterocycles. The zero-order valence-corrected chi connectivity index (χ0v) is 11.7. The highest BCUT2D eigenvalue weighted by Crippen LogP contribution is 2.52. The number of nitrogens with zero attached hydrogens (tertiary/aromatic N) is 2. The molecule has 0 bridgehead atoms. The lowest BCUT2D eigenvalue weighted by molar-refractivity contribution is 0.0754. The molecular formula is C15H20N2O3. The van der Waals surface area contributed by atoms with E-state index < -0.39 is 6.10 Å². The summed E-state index contributed by atoms with van der Waals surface area (Å²) in [5, 5.41) is 10.1. The van der Waals surface area contributed by atoms with Gasteiger partial charge in [0, 0.05) is 24.7 Å². The Morgan fingerprint density at radius 2 is 2.40 bits per heavy atom. The first-order valence-electron chi connectivity index (χ1n) is 7.21. The molecule has 1 saturated heterocycles. The highest BCUT2D eigenvalue weighted by Gasteiger charge is 2.55. The minimum atomic E-state index is -0.393. The fraction of sp³-hybridized carbons (Fsp3) is 0.600. The van der Waals surface area contributed by atoms with Crippen LogP contribution >= 0.6 is 0 Å². The maximum absolute atomic E-state index is 12.6. The summed E-state index contributed by atoms with van der Waals surface area (Å²) >= 11 is 0. The van der Waals surface area contributed by atoms with Gasteiger partial charge in [-0.25, -0.2) is 4.98 Å². The largest absolute Gasteiger partial charge is 0.491 e. The van der Waals surface area contributed by atoms with Gasteiger partial charge in [0.2, 0.25) is 0 Å². The van der Waals surface area contributed by atoms with E-state index in [2.05, 4.69) is 4.98 Å². The molecule has 1 aliphatic heterocycles. The van der Waals surface area contributed by atoms with E-state index in [-0.39, 0.29) is 11.3 Å². The Hall–Kier alpha value is -1.62. The maximum atomic E-state index is 12.6. The normalized spacial score (nSPS) is 23.1. The quantitative estimate of drug-likeness (QED) is 0.904. The van der Waals surface area contributed by atoms with Crippen LogP contribution in [0, 0.1) is 5.41 Å². The van der Waals surface area contributed by atoms with Crippen molar-refractivity contribution in [1.82, 2.24) is 9.88 Å². The van der Waals surface area contributed by atoms with Crippen LogP contribution in [0.4, 0.5) is 0 Å². The lowest BCUT2D eigenvalue weighted by atomic mass is 10.0. The molecule has 1 aliphatic carbocycles. The highest BCUT2D eigenvalue weighted by molar-refractivity contribution is 5.95. The van der Waals surface area contributed by atoms with Gasteiger partial charge in [0.25, 0.3) is 5.91 Å². The fourth-order valence-corrected chi connectivity index (χ4v) is 2.79. The lowest BCUT2D eigenvalue weighted by Gasteiger charge is -2.17. The number of hydrogen-bond donors (Lipinski definition) is 1. The number of aliphatic hydroxyl groups excluding tert-OH is 1. The highest BCUT2D eigenvalue weighted by atomic mass is 16.5. The number of carbonyl (C=O) groups is 1. The Bertz CT molecular complexity index is 514. The van der Waals surface area contributed by atoms with E-state index in [1.165, 1.54) is 0 Å². The summed E-state index contributed by atoms with van der Waals surface area (Å²) in [7, 11) is 0. The first-order valence-corrected chi connectivity index (χ1v) is 7.21. The van der Waals surface area contributed by atoms with E-state index in [0.717, 1.165) is 19.3 Å². The predicted molar refractivity (Wildman–Crippen MR) is 73.6 cm³/mol. The molecule has 0 aromatic carbocycles. The van der Waals surface area contributed by atoms with Crippen LogP contribution in [0.2, 0.25) is 0 Å². The summed E-state index contributed by atoms with van der Waals surface area (Å²) in [6, 6.07) is 3.54. The standard InChI is InChI=1S/C15H20N2O3/c1-2-8-20-11-4-3-7-16-13(11)14(19)17-9-12(18)15(10-17)5-6-15/h3-4,7,12,18H,2,5-6,8-10H2,1H3. The molecule has 1 spiro atoms. The van der Waals surface area contributed by atoms with Gasteiger partial charge < -0.3 is 14.7 Å². The number of aromatic nitrogens is 1. The number of likely N-dealkylation sites (tertiary alicyclic amines) is 1.